The molecule has 2 N–H and O–H groups in total. The SMILES string of the molecule is COc1cc(OC)c([C@@H](N)C2CCC2)c(OC)c1.Cl. The van der Waals surface area contributed by atoms with Gasteiger partial charge in [-0.25, -0.2) is 0 Å². The minimum atomic E-state index is -0.0328. The van der Waals surface area contributed by atoms with Gasteiger partial charge in [-0.3, -0.25) is 0 Å². The van der Waals surface area contributed by atoms with Crippen molar-refractivity contribution in [3.8, 4) is 17.2 Å². The summed E-state index contributed by atoms with van der Waals surface area (Å²) in [5.74, 6) is 2.73. The van der Waals surface area contributed by atoms with Crippen molar-refractivity contribution in [3.05, 3.63) is 17.7 Å². The molecule has 0 saturated heterocycles. The molecule has 2 rings (SSSR count). The second kappa shape index (κ2) is 6.87. The summed E-state index contributed by atoms with van der Waals surface area (Å²) in [6, 6.07) is 3.68. The predicted octanol–water partition coefficient (Wildman–Crippen LogP) is 2.93. The first-order valence-electron chi connectivity index (χ1n) is 6.26. The molecule has 0 aliphatic heterocycles. The molecule has 1 saturated carbocycles. The molecule has 1 aromatic carbocycles. The minimum Gasteiger partial charge on any atom is -0.496 e. The van der Waals surface area contributed by atoms with Gasteiger partial charge in [-0.1, -0.05) is 6.42 Å². The molecule has 0 heterocycles. The van der Waals surface area contributed by atoms with Gasteiger partial charge in [0.25, 0.3) is 0 Å². The highest BCUT2D eigenvalue weighted by molar-refractivity contribution is 5.85. The van der Waals surface area contributed by atoms with E-state index >= 15 is 0 Å². The van der Waals surface area contributed by atoms with Gasteiger partial charge in [-0.05, 0) is 18.8 Å². The van der Waals surface area contributed by atoms with Crippen molar-refractivity contribution in [3.63, 3.8) is 0 Å². The van der Waals surface area contributed by atoms with Crippen LogP contribution in [0.25, 0.3) is 0 Å². The van der Waals surface area contributed by atoms with Gasteiger partial charge in [0.15, 0.2) is 0 Å². The summed E-state index contributed by atoms with van der Waals surface area (Å²) in [6.45, 7) is 0. The Labute approximate surface area is 120 Å². The van der Waals surface area contributed by atoms with E-state index in [4.69, 9.17) is 19.9 Å². The molecule has 0 radical (unpaired) electrons. The molecular formula is C14H22ClNO3. The Bertz CT molecular complexity index is 396. The van der Waals surface area contributed by atoms with Crippen molar-refractivity contribution < 1.29 is 14.2 Å². The van der Waals surface area contributed by atoms with Crippen LogP contribution in [0.3, 0.4) is 0 Å². The van der Waals surface area contributed by atoms with Gasteiger partial charge in [-0.15, -0.1) is 12.4 Å². The van der Waals surface area contributed by atoms with E-state index in [0.29, 0.717) is 11.7 Å². The summed E-state index contributed by atoms with van der Waals surface area (Å²) in [6.07, 6.45) is 3.62. The maximum absolute atomic E-state index is 6.34. The fourth-order valence-electron chi connectivity index (χ4n) is 2.40. The molecule has 0 aromatic heterocycles. The number of nitrogens with two attached hydrogens (primary N) is 1. The van der Waals surface area contributed by atoms with Crippen LogP contribution in [-0.2, 0) is 0 Å². The van der Waals surface area contributed by atoms with E-state index in [0.717, 1.165) is 17.1 Å². The molecule has 0 bridgehead atoms. The van der Waals surface area contributed by atoms with Crippen LogP contribution >= 0.6 is 12.4 Å². The average molecular weight is 288 g/mol. The molecule has 108 valence electrons. The lowest BCUT2D eigenvalue weighted by Gasteiger charge is -2.33. The lowest BCUT2D eigenvalue weighted by Crippen LogP contribution is -2.27. The summed E-state index contributed by atoms with van der Waals surface area (Å²) in [5.41, 5.74) is 7.29. The van der Waals surface area contributed by atoms with E-state index in [-0.39, 0.29) is 18.4 Å². The predicted molar refractivity (Wildman–Crippen MR) is 77.6 cm³/mol. The monoisotopic (exact) mass is 287 g/mol. The molecule has 0 unspecified atom stereocenters. The molecule has 1 fully saturated rings. The number of halogens is 1. The van der Waals surface area contributed by atoms with Gasteiger partial charge in [0.2, 0.25) is 0 Å². The first-order valence-corrected chi connectivity index (χ1v) is 6.26. The Morgan fingerprint density at radius 2 is 1.58 bits per heavy atom. The Balaban J connectivity index is 0.00000180. The Kier molecular flexibility index (Phi) is 5.76. The van der Waals surface area contributed by atoms with Crippen LogP contribution in [0.4, 0.5) is 0 Å². The molecule has 5 heteroatoms. The van der Waals surface area contributed by atoms with Gasteiger partial charge in [0.1, 0.15) is 17.2 Å². The maximum Gasteiger partial charge on any atom is 0.131 e. The van der Waals surface area contributed by atoms with Gasteiger partial charge >= 0.3 is 0 Å². The fourth-order valence-corrected chi connectivity index (χ4v) is 2.40. The maximum atomic E-state index is 6.34. The standard InChI is InChI=1S/C14H21NO3.ClH/c1-16-10-7-11(17-2)13(12(8-10)18-3)14(15)9-5-4-6-9;/h7-9,14H,4-6,15H2,1-3H3;1H/t14-;/m0./s1. The van der Waals surface area contributed by atoms with Gasteiger partial charge in [0.05, 0.1) is 26.9 Å². The summed E-state index contributed by atoms with van der Waals surface area (Å²) in [5, 5.41) is 0. The number of ether oxygens (including phenoxy) is 3. The van der Waals surface area contributed by atoms with Crippen LogP contribution in [0.5, 0.6) is 17.2 Å². The molecule has 1 aliphatic carbocycles. The third kappa shape index (κ3) is 3.07. The van der Waals surface area contributed by atoms with Crippen LogP contribution < -0.4 is 19.9 Å². The van der Waals surface area contributed by atoms with Crippen molar-refractivity contribution in [2.75, 3.05) is 21.3 Å². The molecular weight excluding hydrogens is 266 g/mol. The summed E-state index contributed by atoms with van der Waals surface area (Å²) < 4.78 is 16.1. The lowest BCUT2D eigenvalue weighted by atomic mass is 9.77. The molecule has 0 spiro atoms. The molecule has 4 nitrogen and oxygen atoms in total. The molecule has 19 heavy (non-hydrogen) atoms. The fraction of sp³-hybridized carbons (Fsp3) is 0.571. The topological polar surface area (TPSA) is 53.7 Å². The highest BCUT2D eigenvalue weighted by atomic mass is 35.5. The number of rotatable bonds is 5. The van der Waals surface area contributed by atoms with Crippen molar-refractivity contribution in [1.82, 2.24) is 0 Å². The normalized spacial score (nSPS) is 16.0. The zero-order valence-corrected chi connectivity index (χ0v) is 12.5. The number of hydrogen-bond acceptors (Lipinski definition) is 4. The third-order valence-corrected chi connectivity index (χ3v) is 3.74. The molecule has 1 atom stereocenters. The molecule has 1 aromatic rings. The average Bonchev–Trinajstić information content (AvgIpc) is 2.34. The van der Waals surface area contributed by atoms with Crippen molar-refractivity contribution in [2.45, 2.75) is 25.3 Å². The molecule has 1 aliphatic rings. The highest BCUT2D eigenvalue weighted by Gasteiger charge is 2.30. The molecule has 0 amide bonds. The Morgan fingerprint density at radius 1 is 1.05 bits per heavy atom. The van der Waals surface area contributed by atoms with Crippen LogP contribution in [-0.4, -0.2) is 21.3 Å². The van der Waals surface area contributed by atoms with Gasteiger partial charge in [0, 0.05) is 18.2 Å². The summed E-state index contributed by atoms with van der Waals surface area (Å²) >= 11 is 0. The van der Waals surface area contributed by atoms with Crippen LogP contribution in [0.2, 0.25) is 0 Å². The zero-order valence-electron chi connectivity index (χ0n) is 11.6. The second-order valence-corrected chi connectivity index (χ2v) is 4.66. The smallest absolute Gasteiger partial charge is 0.131 e. The quantitative estimate of drug-likeness (QED) is 0.905. The van der Waals surface area contributed by atoms with Crippen molar-refractivity contribution >= 4 is 12.4 Å². The van der Waals surface area contributed by atoms with E-state index in [2.05, 4.69) is 0 Å². The van der Waals surface area contributed by atoms with E-state index in [1.807, 2.05) is 12.1 Å². The highest BCUT2D eigenvalue weighted by Crippen LogP contribution is 2.44. The van der Waals surface area contributed by atoms with Crippen LogP contribution in [0, 0.1) is 5.92 Å². The van der Waals surface area contributed by atoms with E-state index in [1.54, 1.807) is 21.3 Å². The summed E-state index contributed by atoms with van der Waals surface area (Å²) in [7, 11) is 4.91. The first-order chi connectivity index (χ1) is 8.71. The Morgan fingerprint density at radius 3 is 1.89 bits per heavy atom. The summed E-state index contributed by atoms with van der Waals surface area (Å²) in [4.78, 5) is 0. The van der Waals surface area contributed by atoms with E-state index < -0.39 is 0 Å². The number of benzene rings is 1. The Hall–Kier alpha value is -1.13. The zero-order chi connectivity index (χ0) is 13.1. The third-order valence-electron chi connectivity index (χ3n) is 3.74. The number of hydrogen-bond donors (Lipinski definition) is 1. The van der Waals surface area contributed by atoms with Crippen molar-refractivity contribution in [2.24, 2.45) is 11.7 Å². The lowest BCUT2D eigenvalue weighted by molar-refractivity contribution is 0.253. The minimum absolute atomic E-state index is 0. The van der Waals surface area contributed by atoms with Crippen LogP contribution in [0.1, 0.15) is 30.9 Å². The largest absolute Gasteiger partial charge is 0.496 e. The second-order valence-electron chi connectivity index (χ2n) is 4.66. The van der Waals surface area contributed by atoms with Crippen LogP contribution in [0.15, 0.2) is 12.1 Å². The van der Waals surface area contributed by atoms with E-state index in [9.17, 15) is 0 Å². The van der Waals surface area contributed by atoms with E-state index in [1.165, 1.54) is 19.3 Å². The number of methoxy groups -OCH3 is 3. The van der Waals surface area contributed by atoms with Gasteiger partial charge < -0.3 is 19.9 Å². The van der Waals surface area contributed by atoms with Crippen molar-refractivity contribution in [1.29, 1.82) is 0 Å². The van der Waals surface area contributed by atoms with Gasteiger partial charge in [-0.2, -0.15) is 0 Å². The first kappa shape index (κ1) is 15.9.